The minimum absolute atomic E-state index is 0.154. The first-order chi connectivity index (χ1) is 11.7. The summed E-state index contributed by atoms with van der Waals surface area (Å²) in [4.78, 5) is 23.7. The molecule has 2 aliphatic rings. The van der Waals surface area contributed by atoms with Crippen LogP contribution in [0.4, 0.5) is 0 Å². The zero-order valence-electron chi connectivity index (χ0n) is 13.5. The lowest BCUT2D eigenvalue weighted by atomic mass is 9.86. The molecule has 24 heavy (non-hydrogen) atoms. The first kappa shape index (κ1) is 16.3. The Kier molecular flexibility index (Phi) is 4.99. The number of benzene rings is 1. The molecular formula is C18H21N3O3. The van der Waals surface area contributed by atoms with Gasteiger partial charge in [0.15, 0.2) is 6.61 Å². The Morgan fingerprint density at radius 3 is 2.67 bits per heavy atom. The molecule has 2 saturated carbocycles. The molecule has 3 rings (SSSR count). The number of hydrogen-bond acceptors (Lipinski definition) is 4. The number of nitrogens with zero attached hydrogens (tertiary/aromatic N) is 1. The largest absolute Gasteiger partial charge is 0.482 e. The van der Waals surface area contributed by atoms with E-state index in [1.54, 1.807) is 24.3 Å². The zero-order chi connectivity index (χ0) is 16.9. The Hall–Kier alpha value is -2.55. The number of hydrazine groups is 1. The Balaban J connectivity index is 1.38. The van der Waals surface area contributed by atoms with Crippen molar-refractivity contribution in [2.24, 2.45) is 17.8 Å². The summed E-state index contributed by atoms with van der Waals surface area (Å²) < 4.78 is 5.31. The molecule has 2 aliphatic carbocycles. The first-order valence-electron chi connectivity index (χ1n) is 8.35. The van der Waals surface area contributed by atoms with E-state index in [4.69, 9.17) is 10.00 Å². The monoisotopic (exact) mass is 327 g/mol. The second-order valence-corrected chi connectivity index (χ2v) is 6.63. The third-order valence-electron chi connectivity index (χ3n) is 5.04. The topological polar surface area (TPSA) is 91.2 Å². The van der Waals surface area contributed by atoms with Crippen LogP contribution in [0, 0.1) is 29.1 Å². The number of nitrogens with one attached hydrogen (secondary N) is 2. The van der Waals surface area contributed by atoms with Gasteiger partial charge in [0.25, 0.3) is 5.91 Å². The fraction of sp³-hybridized carbons (Fsp3) is 0.500. The van der Waals surface area contributed by atoms with Crippen molar-refractivity contribution in [1.29, 1.82) is 5.26 Å². The van der Waals surface area contributed by atoms with Gasteiger partial charge in [-0.2, -0.15) is 5.26 Å². The summed E-state index contributed by atoms with van der Waals surface area (Å²) in [5.74, 6) is 1.68. The van der Waals surface area contributed by atoms with Crippen LogP contribution in [0.5, 0.6) is 5.75 Å². The summed E-state index contributed by atoms with van der Waals surface area (Å²) in [7, 11) is 0. The molecule has 2 fully saturated rings. The fourth-order valence-corrected chi connectivity index (χ4v) is 3.92. The van der Waals surface area contributed by atoms with Crippen LogP contribution in [0.2, 0.25) is 0 Å². The maximum Gasteiger partial charge on any atom is 0.276 e. The summed E-state index contributed by atoms with van der Waals surface area (Å²) >= 11 is 0. The van der Waals surface area contributed by atoms with E-state index in [0.717, 1.165) is 12.3 Å². The number of carbonyl (C=O) groups excluding carboxylic acids is 2. The first-order valence-corrected chi connectivity index (χ1v) is 8.35. The highest BCUT2D eigenvalue weighted by Gasteiger charge is 2.40. The molecule has 0 saturated heterocycles. The Bertz CT molecular complexity index is 668. The number of rotatable bonds is 5. The van der Waals surface area contributed by atoms with E-state index < -0.39 is 5.91 Å². The highest BCUT2D eigenvalue weighted by Crippen LogP contribution is 2.49. The number of ether oxygens (including phenoxy) is 1. The average molecular weight is 327 g/mol. The quantitative estimate of drug-likeness (QED) is 0.808. The molecule has 6 heteroatoms. The molecule has 3 atom stereocenters. The molecule has 2 bridgehead atoms. The van der Waals surface area contributed by atoms with Gasteiger partial charge in [0.2, 0.25) is 5.91 Å². The lowest BCUT2D eigenvalue weighted by molar-refractivity contribution is -0.130. The number of fused-ring (bicyclic) bond motifs is 2. The van der Waals surface area contributed by atoms with Gasteiger partial charge in [0.1, 0.15) is 11.8 Å². The molecule has 2 N–H and O–H groups in total. The van der Waals surface area contributed by atoms with Crippen LogP contribution in [-0.4, -0.2) is 18.4 Å². The van der Waals surface area contributed by atoms with E-state index >= 15 is 0 Å². The third kappa shape index (κ3) is 3.85. The predicted octanol–water partition coefficient (Wildman–Crippen LogP) is 1.91. The Morgan fingerprint density at radius 1 is 1.17 bits per heavy atom. The Labute approximate surface area is 141 Å². The number of hydrogen-bond donors (Lipinski definition) is 2. The maximum atomic E-state index is 11.9. The van der Waals surface area contributed by atoms with Gasteiger partial charge in [-0.15, -0.1) is 0 Å². The molecule has 0 aliphatic heterocycles. The lowest BCUT2D eigenvalue weighted by Crippen LogP contribution is -2.44. The normalized spacial score (nSPS) is 24.2. The standard InChI is InChI=1S/C18H21N3O3/c19-10-14-3-1-2-4-16(14)24-11-18(23)21-20-17(22)9-15-8-12-5-6-13(15)7-12/h1-4,12-13,15H,5-9,11H2,(H,20,22)(H,21,23)/t12-,13-,15-/m1/s1. The molecule has 0 spiro atoms. The van der Waals surface area contributed by atoms with Gasteiger partial charge >= 0.3 is 0 Å². The van der Waals surface area contributed by atoms with Crippen molar-refractivity contribution in [3.05, 3.63) is 29.8 Å². The van der Waals surface area contributed by atoms with E-state index in [2.05, 4.69) is 10.9 Å². The second kappa shape index (κ2) is 7.35. The molecule has 0 unspecified atom stereocenters. The van der Waals surface area contributed by atoms with Gasteiger partial charge in [-0.25, -0.2) is 0 Å². The van der Waals surface area contributed by atoms with E-state index in [1.807, 2.05) is 6.07 Å². The minimum atomic E-state index is -0.455. The number of amides is 2. The number of para-hydroxylation sites is 1. The SMILES string of the molecule is N#Cc1ccccc1OCC(=O)NNC(=O)C[C@H]1C[C@@H]2CC[C@@H]1C2. The van der Waals surface area contributed by atoms with Crippen LogP contribution in [0.1, 0.15) is 37.7 Å². The van der Waals surface area contributed by atoms with E-state index in [1.165, 1.54) is 19.3 Å². The molecule has 126 valence electrons. The summed E-state index contributed by atoms with van der Waals surface area (Å²) in [6.07, 6.45) is 5.41. The van der Waals surface area contributed by atoms with Crippen molar-refractivity contribution in [2.45, 2.75) is 32.1 Å². The molecule has 0 heterocycles. The van der Waals surface area contributed by atoms with Crippen molar-refractivity contribution in [2.75, 3.05) is 6.61 Å². The molecule has 6 nitrogen and oxygen atoms in total. The van der Waals surface area contributed by atoms with E-state index in [9.17, 15) is 9.59 Å². The van der Waals surface area contributed by atoms with Crippen molar-refractivity contribution >= 4 is 11.8 Å². The molecule has 2 amide bonds. The van der Waals surface area contributed by atoms with E-state index in [0.29, 0.717) is 29.6 Å². The lowest BCUT2D eigenvalue weighted by Gasteiger charge is -2.20. The smallest absolute Gasteiger partial charge is 0.276 e. The van der Waals surface area contributed by atoms with Gasteiger partial charge in [-0.05, 0) is 49.1 Å². The van der Waals surface area contributed by atoms with Gasteiger partial charge < -0.3 is 4.74 Å². The summed E-state index contributed by atoms with van der Waals surface area (Å²) in [5.41, 5.74) is 5.18. The summed E-state index contributed by atoms with van der Waals surface area (Å²) in [6.45, 7) is -0.257. The van der Waals surface area contributed by atoms with Crippen molar-refractivity contribution in [3.63, 3.8) is 0 Å². The second-order valence-electron chi connectivity index (χ2n) is 6.63. The summed E-state index contributed by atoms with van der Waals surface area (Å²) in [6, 6.07) is 8.69. The van der Waals surface area contributed by atoms with Gasteiger partial charge in [0, 0.05) is 6.42 Å². The zero-order valence-corrected chi connectivity index (χ0v) is 13.5. The van der Waals surface area contributed by atoms with Crippen LogP contribution < -0.4 is 15.6 Å². The third-order valence-corrected chi connectivity index (χ3v) is 5.04. The van der Waals surface area contributed by atoms with Crippen LogP contribution in [0.3, 0.4) is 0 Å². The van der Waals surface area contributed by atoms with Crippen LogP contribution in [-0.2, 0) is 9.59 Å². The summed E-state index contributed by atoms with van der Waals surface area (Å²) in [5, 5.41) is 8.95. The molecule has 1 aromatic carbocycles. The predicted molar refractivity (Wildman–Crippen MR) is 86.5 cm³/mol. The number of carbonyl (C=O) groups is 2. The van der Waals surface area contributed by atoms with Gasteiger partial charge in [-0.1, -0.05) is 18.6 Å². The van der Waals surface area contributed by atoms with Gasteiger partial charge in [0.05, 0.1) is 5.56 Å². The van der Waals surface area contributed by atoms with E-state index in [-0.39, 0.29) is 12.5 Å². The number of nitriles is 1. The Morgan fingerprint density at radius 2 is 1.96 bits per heavy atom. The van der Waals surface area contributed by atoms with Crippen LogP contribution in [0.25, 0.3) is 0 Å². The molecule has 0 radical (unpaired) electrons. The van der Waals surface area contributed by atoms with Crippen LogP contribution >= 0.6 is 0 Å². The molecular weight excluding hydrogens is 306 g/mol. The van der Waals surface area contributed by atoms with Crippen molar-refractivity contribution < 1.29 is 14.3 Å². The van der Waals surface area contributed by atoms with Gasteiger partial charge in [-0.3, -0.25) is 20.4 Å². The highest BCUT2D eigenvalue weighted by molar-refractivity contribution is 5.82. The minimum Gasteiger partial charge on any atom is -0.482 e. The maximum absolute atomic E-state index is 11.9. The molecule has 1 aromatic rings. The molecule has 0 aromatic heterocycles. The highest BCUT2D eigenvalue weighted by atomic mass is 16.5. The fourth-order valence-electron chi connectivity index (χ4n) is 3.92. The van der Waals surface area contributed by atoms with Crippen molar-refractivity contribution in [3.8, 4) is 11.8 Å². The van der Waals surface area contributed by atoms with Crippen LogP contribution in [0.15, 0.2) is 24.3 Å². The average Bonchev–Trinajstić information content (AvgIpc) is 3.21. The van der Waals surface area contributed by atoms with Crippen molar-refractivity contribution in [1.82, 2.24) is 10.9 Å².